The van der Waals surface area contributed by atoms with Crippen molar-refractivity contribution in [3.8, 4) is 0 Å². The van der Waals surface area contributed by atoms with Crippen molar-refractivity contribution in [2.45, 2.75) is 26.4 Å². The van der Waals surface area contributed by atoms with Gasteiger partial charge in [-0.3, -0.25) is 5.32 Å². The molecule has 12 heavy (non-hydrogen) atoms. The van der Waals surface area contributed by atoms with E-state index in [9.17, 15) is 4.79 Å². The minimum absolute atomic E-state index is 0.434. The molecule has 0 radical (unpaired) electrons. The van der Waals surface area contributed by atoms with E-state index in [1.165, 1.54) is 6.08 Å². The van der Waals surface area contributed by atoms with Crippen LogP contribution in [0.2, 0.25) is 0 Å². The summed E-state index contributed by atoms with van der Waals surface area (Å²) in [4.78, 5) is 11.0. The Labute approximate surface area is 73.1 Å². The number of ether oxygens (including phenoxy) is 1. The number of nitrogens with one attached hydrogen (secondary N) is 1. The van der Waals surface area contributed by atoms with Gasteiger partial charge in [-0.2, -0.15) is 0 Å². The fraction of sp³-hybridized carbons (Fsp3) is 0.444. The van der Waals surface area contributed by atoms with Crippen LogP contribution in [0.4, 0.5) is 4.79 Å². The van der Waals surface area contributed by atoms with Gasteiger partial charge in [0.05, 0.1) is 0 Å². The highest BCUT2D eigenvalue weighted by molar-refractivity contribution is 5.70. The molecule has 0 bridgehead atoms. The highest BCUT2D eigenvalue weighted by atomic mass is 16.6. The lowest BCUT2D eigenvalue weighted by Gasteiger charge is -2.19. The Balaban J connectivity index is 3.91. The molecule has 0 aliphatic rings. The van der Waals surface area contributed by atoms with Crippen molar-refractivity contribution in [3.05, 3.63) is 24.9 Å². The van der Waals surface area contributed by atoms with Crippen LogP contribution in [-0.4, -0.2) is 11.7 Å². The molecule has 0 saturated carbocycles. The molecule has 0 aromatic rings. The van der Waals surface area contributed by atoms with Gasteiger partial charge in [-0.1, -0.05) is 13.2 Å². The quantitative estimate of drug-likeness (QED) is 0.643. The van der Waals surface area contributed by atoms with Gasteiger partial charge in [0.2, 0.25) is 0 Å². The van der Waals surface area contributed by atoms with Crippen LogP contribution in [0.15, 0.2) is 24.9 Å². The van der Waals surface area contributed by atoms with Gasteiger partial charge in [0, 0.05) is 5.70 Å². The third-order valence-electron chi connectivity index (χ3n) is 0.908. The van der Waals surface area contributed by atoms with Crippen LogP contribution in [0.1, 0.15) is 20.8 Å². The summed E-state index contributed by atoms with van der Waals surface area (Å²) in [6.45, 7) is 12.3. The van der Waals surface area contributed by atoms with Gasteiger partial charge >= 0.3 is 6.09 Å². The molecule has 0 fully saturated rings. The van der Waals surface area contributed by atoms with Crippen molar-refractivity contribution < 1.29 is 9.53 Å². The smallest absolute Gasteiger partial charge is 0.412 e. The first-order valence-electron chi connectivity index (χ1n) is 3.66. The average molecular weight is 169 g/mol. The van der Waals surface area contributed by atoms with Crippen LogP contribution in [-0.2, 0) is 4.74 Å². The van der Waals surface area contributed by atoms with Crippen molar-refractivity contribution >= 4 is 6.09 Å². The zero-order chi connectivity index (χ0) is 9.78. The van der Waals surface area contributed by atoms with E-state index in [4.69, 9.17) is 4.74 Å². The van der Waals surface area contributed by atoms with Crippen molar-refractivity contribution in [1.29, 1.82) is 0 Å². The first kappa shape index (κ1) is 10.8. The molecule has 1 amide bonds. The van der Waals surface area contributed by atoms with Gasteiger partial charge in [-0.15, -0.1) is 0 Å². The van der Waals surface area contributed by atoms with Crippen LogP contribution in [0, 0.1) is 0 Å². The molecule has 3 heteroatoms. The van der Waals surface area contributed by atoms with E-state index >= 15 is 0 Å². The molecule has 0 aliphatic carbocycles. The van der Waals surface area contributed by atoms with Crippen LogP contribution >= 0.6 is 0 Å². The number of carbonyl (C=O) groups excluding carboxylic acids is 1. The fourth-order valence-electron chi connectivity index (χ4n) is 0.486. The van der Waals surface area contributed by atoms with Crippen LogP contribution in [0.3, 0.4) is 0 Å². The number of alkyl carbamates (subject to hydrolysis) is 1. The summed E-state index contributed by atoms with van der Waals surface area (Å²) in [7, 11) is 0. The molecule has 0 spiro atoms. The average Bonchev–Trinajstić information content (AvgIpc) is 1.82. The summed E-state index contributed by atoms with van der Waals surface area (Å²) in [5, 5.41) is 2.41. The minimum Gasteiger partial charge on any atom is -0.444 e. The first-order valence-corrected chi connectivity index (χ1v) is 3.66. The standard InChI is InChI=1S/C9H15NO2/c1-6-7(2)10-8(11)12-9(3,4)5/h6H,1-2H2,3-5H3,(H,10,11). The Morgan fingerprint density at radius 1 is 1.50 bits per heavy atom. The van der Waals surface area contributed by atoms with E-state index in [-0.39, 0.29) is 0 Å². The maximum Gasteiger partial charge on any atom is 0.412 e. The summed E-state index contributed by atoms with van der Waals surface area (Å²) in [6, 6.07) is 0. The van der Waals surface area contributed by atoms with Crippen LogP contribution < -0.4 is 5.32 Å². The molecule has 0 heterocycles. The van der Waals surface area contributed by atoms with E-state index in [2.05, 4.69) is 18.5 Å². The molecule has 0 rings (SSSR count). The molecule has 0 aliphatic heterocycles. The number of amides is 1. The second kappa shape index (κ2) is 3.95. The Morgan fingerprint density at radius 2 is 2.00 bits per heavy atom. The van der Waals surface area contributed by atoms with E-state index in [1.54, 1.807) is 20.8 Å². The van der Waals surface area contributed by atoms with Crippen LogP contribution in [0.25, 0.3) is 0 Å². The van der Waals surface area contributed by atoms with Crippen molar-refractivity contribution in [2.75, 3.05) is 0 Å². The van der Waals surface area contributed by atoms with Gasteiger partial charge in [-0.25, -0.2) is 4.79 Å². The SMILES string of the molecule is C=CC(=C)NC(=O)OC(C)(C)C. The Morgan fingerprint density at radius 3 is 2.33 bits per heavy atom. The minimum atomic E-state index is -0.507. The Hall–Kier alpha value is -1.25. The monoisotopic (exact) mass is 169 g/mol. The van der Waals surface area contributed by atoms with Crippen molar-refractivity contribution in [1.82, 2.24) is 5.32 Å². The summed E-state index contributed by atoms with van der Waals surface area (Å²) in [5.74, 6) is 0. The number of rotatable bonds is 2. The second-order valence-corrected chi connectivity index (χ2v) is 3.36. The first-order chi connectivity index (χ1) is 5.35. The topological polar surface area (TPSA) is 38.3 Å². The summed E-state index contributed by atoms with van der Waals surface area (Å²) in [5.41, 5.74) is -0.0461. The molecule has 3 nitrogen and oxygen atoms in total. The molecule has 68 valence electrons. The van der Waals surface area contributed by atoms with Gasteiger partial charge in [0.25, 0.3) is 0 Å². The molecule has 0 atom stereocenters. The molecule has 0 aromatic heterocycles. The largest absolute Gasteiger partial charge is 0.444 e. The summed E-state index contributed by atoms with van der Waals surface area (Å²) >= 11 is 0. The third kappa shape index (κ3) is 5.53. The Kier molecular flexibility index (Phi) is 3.54. The Bertz CT molecular complexity index is 201. The van der Waals surface area contributed by atoms with Gasteiger partial charge in [-0.05, 0) is 26.8 Å². The molecule has 0 aromatic carbocycles. The number of carbonyl (C=O) groups is 1. The molecule has 1 N–H and O–H groups in total. The maximum atomic E-state index is 11.0. The zero-order valence-electron chi connectivity index (χ0n) is 7.81. The molecular weight excluding hydrogens is 154 g/mol. The van der Waals surface area contributed by atoms with E-state index < -0.39 is 11.7 Å². The number of hydrogen-bond acceptors (Lipinski definition) is 2. The zero-order valence-corrected chi connectivity index (χ0v) is 7.81. The van der Waals surface area contributed by atoms with E-state index in [0.29, 0.717) is 5.70 Å². The lowest BCUT2D eigenvalue weighted by Crippen LogP contribution is -2.31. The predicted octanol–water partition coefficient (Wildman–Crippen LogP) is 2.21. The second-order valence-electron chi connectivity index (χ2n) is 3.36. The van der Waals surface area contributed by atoms with Gasteiger partial charge < -0.3 is 4.74 Å². The van der Waals surface area contributed by atoms with E-state index in [1.807, 2.05) is 0 Å². The molecule has 0 unspecified atom stereocenters. The lowest BCUT2D eigenvalue weighted by molar-refractivity contribution is 0.0548. The summed E-state index contributed by atoms with van der Waals surface area (Å²) < 4.78 is 4.95. The van der Waals surface area contributed by atoms with Crippen molar-refractivity contribution in [2.24, 2.45) is 0 Å². The van der Waals surface area contributed by atoms with Crippen molar-refractivity contribution in [3.63, 3.8) is 0 Å². The lowest BCUT2D eigenvalue weighted by atomic mass is 10.2. The number of hydrogen-bond donors (Lipinski definition) is 1. The van der Waals surface area contributed by atoms with Gasteiger partial charge in [0.15, 0.2) is 0 Å². The fourth-order valence-corrected chi connectivity index (χ4v) is 0.486. The van der Waals surface area contributed by atoms with E-state index in [0.717, 1.165) is 0 Å². The maximum absolute atomic E-state index is 11.0. The molecule has 0 saturated heterocycles. The highest BCUT2D eigenvalue weighted by Gasteiger charge is 2.15. The normalized spacial score (nSPS) is 10.2. The highest BCUT2D eigenvalue weighted by Crippen LogP contribution is 2.06. The van der Waals surface area contributed by atoms with Crippen LogP contribution in [0.5, 0.6) is 0 Å². The number of allylic oxidation sites excluding steroid dienone is 1. The van der Waals surface area contributed by atoms with Gasteiger partial charge in [0.1, 0.15) is 5.60 Å². The predicted molar refractivity (Wildman–Crippen MR) is 48.7 cm³/mol. The third-order valence-corrected chi connectivity index (χ3v) is 0.908. The summed E-state index contributed by atoms with van der Waals surface area (Å²) in [6.07, 6.45) is 0.941. The molecular formula is C9H15NO2.